The first-order valence-electron chi connectivity index (χ1n) is 5.01. The molecule has 16 heavy (non-hydrogen) atoms. The molecule has 0 aromatic carbocycles. The molecule has 1 atom stereocenters. The number of carboxylic acids is 1. The zero-order chi connectivity index (χ0) is 12.3. The van der Waals surface area contributed by atoms with Crippen LogP contribution in [0.15, 0.2) is 16.7 Å². The standard InChI is InChI=1S/C11H15NO4/c1-6(2)8(11(14)15)12-10(13)9-7(3)4-5-16-9/h4-6,8H,1-3H3,(H,12,13)(H,14,15). The van der Waals surface area contributed by atoms with Gasteiger partial charge in [0.25, 0.3) is 5.91 Å². The van der Waals surface area contributed by atoms with Crippen LogP contribution < -0.4 is 5.32 Å². The van der Waals surface area contributed by atoms with Gasteiger partial charge in [0.05, 0.1) is 6.26 Å². The van der Waals surface area contributed by atoms with Gasteiger partial charge in [-0.3, -0.25) is 4.79 Å². The molecule has 0 aliphatic carbocycles. The summed E-state index contributed by atoms with van der Waals surface area (Å²) in [6.07, 6.45) is 1.40. The number of aliphatic carboxylic acids is 1. The van der Waals surface area contributed by atoms with Crippen molar-refractivity contribution in [2.24, 2.45) is 5.92 Å². The van der Waals surface area contributed by atoms with Gasteiger partial charge in [-0.05, 0) is 18.9 Å². The third kappa shape index (κ3) is 2.62. The largest absolute Gasteiger partial charge is 0.480 e. The van der Waals surface area contributed by atoms with E-state index in [0.29, 0.717) is 5.56 Å². The lowest BCUT2D eigenvalue weighted by Crippen LogP contribution is -2.44. The number of rotatable bonds is 4. The average molecular weight is 225 g/mol. The SMILES string of the molecule is Cc1ccoc1C(=O)NC(C(=O)O)C(C)C. The van der Waals surface area contributed by atoms with Crippen molar-refractivity contribution in [2.45, 2.75) is 26.8 Å². The number of furan rings is 1. The highest BCUT2D eigenvalue weighted by Gasteiger charge is 2.25. The number of nitrogens with one attached hydrogen (secondary N) is 1. The van der Waals surface area contributed by atoms with Gasteiger partial charge in [-0.15, -0.1) is 0 Å². The first-order chi connectivity index (χ1) is 7.43. The Labute approximate surface area is 93.4 Å². The van der Waals surface area contributed by atoms with Crippen LogP contribution in [0.5, 0.6) is 0 Å². The Morgan fingerprint density at radius 1 is 1.44 bits per heavy atom. The van der Waals surface area contributed by atoms with E-state index < -0.39 is 17.9 Å². The van der Waals surface area contributed by atoms with Crippen LogP contribution in [0.1, 0.15) is 30.0 Å². The first-order valence-corrected chi connectivity index (χ1v) is 5.01. The summed E-state index contributed by atoms with van der Waals surface area (Å²) < 4.78 is 4.98. The lowest BCUT2D eigenvalue weighted by molar-refractivity contribution is -0.140. The Balaban J connectivity index is 2.77. The number of aryl methyl sites for hydroxylation is 1. The third-order valence-electron chi connectivity index (χ3n) is 2.29. The summed E-state index contributed by atoms with van der Waals surface area (Å²) in [6.45, 7) is 5.19. The molecule has 88 valence electrons. The molecule has 0 radical (unpaired) electrons. The zero-order valence-corrected chi connectivity index (χ0v) is 9.48. The maximum atomic E-state index is 11.7. The molecule has 0 bridgehead atoms. The fraction of sp³-hybridized carbons (Fsp3) is 0.455. The Bertz CT molecular complexity index is 394. The van der Waals surface area contributed by atoms with Crippen LogP contribution in [0, 0.1) is 12.8 Å². The number of carbonyl (C=O) groups is 2. The minimum Gasteiger partial charge on any atom is -0.480 e. The number of hydrogen-bond acceptors (Lipinski definition) is 3. The molecule has 0 saturated heterocycles. The Morgan fingerprint density at radius 2 is 2.06 bits per heavy atom. The van der Waals surface area contributed by atoms with E-state index in [0.717, 1.165) is 0 Å². The van der Waals surface area contributed by atoms with Crippen LogP contribution in [-0.4, -0.2) is 23.0 Å². The minimum atomic E-state index is -1.05. The molecule has 1 unspecified atom stereocenters. The summed E-state index contributed by atoms with van der Waals surface area (Å²) in [5.41, 5.74) is 0.686. The topological polar surface area (TPSA) is 79.5 Å². The highest BCUT2D eigenvalue weighted by atomic mass is 16.4. The summed E-state index contributed by atoms with van der Waals surface area (Å²) in [7, 11) is 0. The third-order valence-corrected chi connectivity index (χ3v) is 2.29. The molecule has 5 heteroatoms. The van der Waals surface area contributed by atoms with Gasteiger partial charge in [0.1, 0.15) is 6.04 Å². The smallest absolute Gasteiger partial charge is 0.326 e. The lowest BCUT2D eigenvalue weighted by Gasteiger charge is -2.17. The van der Waals surface area contributed by atoms with Gasteiger partial charge in [0, 0.05) is 5.56 Å². The van der Waals surface area contributed by atoms with E-state index in [1.807, 2.05) is 0 Å². The van der Waals surface area contributed by atoms with E-state index in [2.05, 4.69) is 5.32 Å². The van der Waals surface area contributed by atoms with Gasteiger partial charge >= 0.3 is 5.97 Å². The molecule has 0 saturated carbocycles. The first kappa shape index (κ1) is 12.3. The van der Waals surface area contributed by atoms with Crippen molar-refractivity contribution < 1.29 is 19.1 Å². The molecule has 5 nitrogen and oxygen atoms in total. The molecule has 0 spiro atoms. The second-order valence-electron chi connectivity index (χ2n) is 3.97. The summed E-state index contributed by atoms with van der Waals surface area (Å²) in [5.74, 6) is -1.57. The summed E-state index contributed by atoms with van der Waals surface area (Å²) in [5, 5.41) is 11.3. The van der Waals surface area contributed by atoms with Gasteiger partial charge < -0.3 is 14.8 Å². The molecule has 1 amide bonds. The summed E-state index contributed by atoms with van der Waals surface area (Å²) >= 11 is 0. The molecule has 1 aromatic rings. The van der Waals surface area contributed by atoms with E-state index >= 15 is 0 Å². The fourth-order valence-corrected chi connectivity index (χ4v) is 1.33. The van der Waals surface area contributed by atoms with Gasteiger partial charge in [-0.2, -0.15) is 0 Å². The van der Waals surface area contributed by atoms with Crippen LogP contribution >= 0.6 is 0 Å². The predicted molar refractivity (Wildman–Crippen MR) is 57.2 cm³/mol. The van der Waals surface area contributed by atoms with Gasteiger partial charge in [-0.25, -0.2) is 4.79 Å². The van der Waals surface area contributed by atoms with Gasteiger partial charge in [-0.1, -0.05) is 13.8 Å². The highest BCUT2D eigenvalue weighted by Crippen LogP contribution is 2.10. The van der Waals surface area contributed by atoms with Crippen LogP contribution in [0.2, 0.25) is 0 Å². The number of carboxylic acid groups (broad SMARTS) is 1. The highest BCUT2D eigenvalue weighted by molar-refractivity contribution is 5.95. The van der Waals surface area contributed by atoms with E-state index in [4.69, 9.17) is 9.52 Å². The molecule has 0 fully saturated rings. The number of carbonyl (C=O) groups excluding carboxylic acids is 1. The molecular formula is C11H15NO4. The van der Waals surface area contributed by atoms with Crippen molar-refractivity contribution >= 4 is 11.9 Å². The van der Waals surface area contributed by atoms with Crippen molar-refractivity contribution in [2.75, 3.05) is 0 Å². The quantitative estimate of drug-likeness (QED) is 0.812. The fourth-order valence-electron chi connectivity index (χ4n) is 1.33. The van der Waals surface area contributed by atoms with E-state index in [9.17, 15) is 9.59 Å². The number of amides is 1. The Morgan fingerprint density at radius 3 is 2.44 bits per heavy atom. The Kier molecular flexibility index (Phi) is 3.71. The maximum Gasteiger partial charge on any atom is 0.326 e. The van der Waals surface area contributed by atoms with Crippen molar-refractivity contribution in [3.8, 4) is 0 Å². The molecule has 0 aliphatic heterocycles. The maximum absolute atomic E-state index is 11.7. The van der Waals surface area contributed by atoms with Gasteiger partial charge in [0.15, 0.2) is 5.76 Å². The van der Waals surface area contributed by atoms with Crippen LogP contribution in [-0.2, 0) is 4.79 Å². The average Bonchev–Trinajstić information content (AvgIpc) is 2.59. The molecular weight excluding hydrogens is 210 g/mol. The van der Waals surface area contributed by atoms with Crippen molar-refractivity contribution in [3.05, 3.63) is 23.7 Å². The van der Waals surface area contributed by atoms with E-state index in [-0.39, 0.29) is 11.7 Å². The zero-order valence-electron chi connectivity index (χ0n) is 9.48. The monoisotopic (exact) mass is 225 g/mol. The van der Waals surface area contributed by atoms with E-state index in [1.54, 1.807) is 26.8 Å². The van der Waals surface area contributed by atoms with Crippen LogP contribution in [0.25, 0.3) is 0 Å². The summed E-state index contributed by atoms with van der Waals surface area (Å²) in [6, 6.07) is 0.747. The Hall–Kier alpha value is -1.78. The summed E-state index contributed by atoms with van der Waals surface area (Å²) in [4.78, 5) is 22.6. The molecule has 1 heterocycles. The molecule has 2 N–H and O–H groups in total. The second-order valence-corrected chi connectivity index (χ2v) is 3.97. The van der Waals surface area contributed by atoms with Gasteiger partial charge in [0.2, 0.25) is 0 Å². The van der Waals surface area contributed by atoms with Crippen molar-refractivity contribution in [1.82, 2.24) is 5.32 Å². The molecule has 1 aromatic heterocycles. The molecule has 0 aliphatic rings. The normalized spacial score (nSPS) is 12.5. The van der Waals surface area contributed by atoms with Crippen LogP contribution in [0.3, 0.4) is 0 Å². The molecule has 1 rings (SSSR count). The van der Waals surface area contributed by atoms with Crippen molar-refractivity contribution in [1.29, 1.82) is 0 Å². The second kappa shape index (κ2) is 4.83. The van der Waals surface area contributed by atoms with Crippen molar-refractivity contribution in [3.63, 3.8) is 0 Å². The van der Waals surface area contributed by atoms with Crippen LogP contribution in [0.4, 0.5) is 0 Å². The van der Waals surface area contributed by atoms with E-state index in [1.165, 1.54) is 6.26 Å². The minimum absolute atomic E-state index is 0.159. The number of hydrogen-bond donors (Lipinski definition) is 2. The lowest BCUT2D eigenvalue weighted by atomic mass is 10.0. The predicted octanol–water partition coefficient (Wildman–Crippen LogP) is 1.43.